The fourth-order valence-electron chi connectivity index (χ4n) is 1.63. The molecule has 6 heteroatoms. The number of amides is 1. The molecule has 0 aromatic carbocycles. The van der Waals surface area contributed by atoms with E-state index in [4.69, 9.17) is 5.26 Å². The second-order valence-electron chi connectivity index (χ2n) is 3.81. The van der Waals surface area contributed by atoms with Gasteiger partial charge in [-0.05, 0) is 6.42 Å². The van der Waals surface area contributed by atoms with Crippen molar-refractivity contribution >= 4 is 11.7 Å². The van der Waals surface area contributed by atoms with E-state index >= 15 is 0 Å². The number of nitrogens with one attached hydrogen (secondary N) is 1. The van der Waals surface area contributed by atoms with Gasteiger partial charge < -0.3 is 10.2 Å². The van der Waals surface area contributed by atoms with Crippen LogP contribution in [0, 0.1) is 11.3 Å². The number of rotatable bonds is 5. The summed E-state index contributed by atoms with van der Waals surface area (Å²) in [5.74, 6) is 0.780. The van der Waals surface area contributed by atoms with Crippen LogP contribution >= 0.6 is 0 Å². The maximum Gasteiger partial charge on any atom is 0.224 e. The van der Waals surface area contributed by atoms with Gasteiger partial charge in [0.2, 0.25) is 5.91 Å². The SMILES string of the molecule is N#Cc1cncnc1NCCCN1CCC1=O. The third-order valence-electron chi connectivity index (χ3n) is 2.68. The molecule has 1 aliphatic heterocycles. The van der Waals surface area contributed by atoms with Crippen molar-refractivity contribution < 1.29 is 4.79 Å². The van der Waals surface area contributed by atoms with Crippen molar-refractivity contribution in [2.75, 3.05) is 25.0 Å². The first-order valence-corrected chi connectivity index (χ1v) is 5.53. The topological polar surface area (TPSA) is 81.9 Å². The number of anilines is 1. The Morgan fingerprint density at radius 3 is 3.12 bits per heavy atom. The van der Waals surface area contributed by atoms with Gasteiger partial charge in [-0.15, -0.1) is 0 Å². The van der Waals surface area contributed by atoms with Gasteiger partial charge in [-0.2, -0.15) is 5.26 Å². The fourth-order valence-corrected chi connectivity index (χ4v) is 1.63. The van der Waals surface area contributed by atoms with Crippen LogP contribution in [0.1, 0.15) is 18.4 Å². The summed E-state index contributed by atoms with van der Waals surface area (Å²) in [5.41, 5.74) is 0.438. The summed E-state index contributed by atoms with van der Waals surface area (Å²) < 4.78 is 0. The van der Waals surface area contributed by atoms with Crippen LogP contribution < -0.4 is 5.32 Å². The predicted octanol–water partition coefficient (Wildman–Crippen LogP) is 0.383. The molecule has 0 atom stereocenters. The average molecular weight is 231 g/mol. The van der Waals surface area contributed by atoms with Gasteiger partial charge in [-0.3, -0.25) is 4.79 Å². The number of carbonyl (C=O) groups is 1. The van der Waals surface area contributed by atoms with Gasteiger partial charge in [0.15, 0.2) is 0 Å². The highest BCUT2D eigenvalue weighted by Gasteiger charge is 2.22. The van der Waals surface area contributed by atoms with Gasteiger partial charge in [0.1, 0.15) is 23.8 Å². The molecule has 6 nitrogen and oxygen atoms in total. The predicted molar refractivity (Wildman–Crippen MR) is 61.1 cm³/mol. The number of aromatic nitrogens is 2. The zero-order valence-corrected chi connectivity index (χ0v) is 9.39. The Balaban J connectivity index is 1.74. The monoisotopic (exact) mass is 231 g/mol. The summed E-state index contributed by atoms with van der Waals surface area (Å²) in [6, 6.07) is 2.02. The van der Waals surface area contributed by atoms with E-state index in [2.05, 4.69) is 15.3 Å². The van der Waals surface area contributed by atoms with Crippen LogP contribution in [0.3, 0.4) is 0 Å². The average Bonchev–Trinajstić information content (AvgIpc) is 2.37. The van der Waals surface area contributed by atoms with Gasteiger partial charge >= 0.3 is 0 Å². The van der Waals surface area contributed by atoms with Crippen molar-refractivity contribution in [2.45, 2.75) is 12.8 Å². The molecule has 2 rings (SSSR count). The molecule has 1 saturated heterocycles. The van der Waals surface area contributed by atoms with Gasteiger partial charge in [-0.25, -0.2) is 9.97 Å². The zero-order valence-electron chi connectivity index (χ0n) is 9.39. The number of hydrogen-bond donors (Lipinski definition) is 1. The van der Waals surface area contributed by atoms with Crippen molar-refractivity contribution in [1.82, 2.24) is 14.9 Å². The van der Waals surface area contributed by atoms with Crippen LogP contribution in [0.2, 0.25) is 0 Å². The summed E-state index contributed by atoms with van der Waals surface area (Å²) in [6.07, 6.45) is 4.41. The Labute approximate surface area is 99.3 Å². The molecule has 1 N–H and O–H groups in total. The Hall–Kier alpha value is -2.16. The number of nitrogens with zero attached hydrogens (tertiary/aromatic N) is 4. The van der Waals surface area contributed by atoms with Crippen LogP contribution in [0.4, 0.5) is 5.82 Å². The minimum absolute atomic E-state index is 0.227. The molecule has 0 unspecified atom stereocenters. The smallest absolute Gasteiger partial charge is 0.224 e. The molecule has 1 aromatic heterocycles. The largest absolute Gasteiger partial charge is 0.369 e. The van der Waals surface area contributed by atoms with Crippen LogP contribution in [0.5, 0.6) is 0 Å². The second-order valence-corrected chi connectivity index (χ2v) is 3.81. The van der Waals surface area contributed by atoms with Crippen LogP contribution in [0.15, 0.2) is 12.5 Å². The summed E-state index contributed by atoms with van der Waals surface area (Å²) in [4.78, 5) is 20.6. The number of hydrogen-bond acceptors (Lipinski definition) is 5. The van der Waals surface area contributed by atoms with Crippen LogP contribution in [-0.2, 0) is 4.79 Å². The van der Waals surface area contributed by atoms with E-state index in [-0.39, 0.29) is 5.91 Å². The Kier molecular flexibility index (Phi) is 3.50. The number of carbonyl (C=O) groups excluding carboxylic acids is 1. The molecule has 0 aliphatic carbocycles. The van der Waals surface area contributed by atoms with Gasteiger partial charge in [0.25, 0.3) is 0 Å². The molecular formula is C11H13N5O. The molecule has 1 aliphatic rings. The van der Waals surface area contributed by atoms with Crippen molar-refractivity contribution in [3.63, 3.8) is 0 Å². The maximum atomic E-state index is 11.0. The van der Waals surface area contributed by atoms with Crippen LogP contribution in [-0.4, -0.2) is 40.4 Å². The van der Waals surface area contributed by atoms with E-state index in [1.807, 2.05) is 11.0 Å². The molecule has 0 saturated carbocycles. The summed E-state index contributed by atoms with van der Waals surface area (Å²) >= 11 is 0. The van der Waals surface area contributed by atoms with Crippen molar-refractivity contribution in [3.8, 4) is 6.07 Å². The molecule has 1 fully saturated rings. The lowest BCUT2D eigenvalue weighted by atomic mass is 10.2. The normalized spacial score (nSPS) is 14.1. The van der Waals surface area contributed by atoms with Gasteiger partial charge in [-0.1, -0.05) is 0 Å². The third-order valence-corrected chi connectivity index (χ3v) is 2.68. The molecule has 0 bridgehead atoms. The van der Waals surface area contributed by atoms with E-state index in [0.29, 0.717) is 24.3 Å². The Morgan fingerprint density at radius 2 is 2.47 bits per heavy atom. The Bertz CT molecular complexity index is 453. The van der Waals surface area contributed by atoms with Crippen molar-refractivity contribution in [3.05, 3.63) is 18.1 Å². The third kappa shape index (κ3) is 2.69. The number of likely N-dealkylation sites (tertiary alicyclic amines) is 1. The van der Waals surface area contributed by atoms with E-state index in [0.717, 1.165) is 19.5 Å². The minimum Gasteiger partial charge on any atom is -0.369 e. The number of nitriles is 1. The van der Waals surface area contributed by atoms with E-state index in [1.54, 1.807) is 0 Å². The second kappa shape index (κ2) is 5.25. The summed E-state index contributed by atoms with van der Waals surface area (Å²) in [7, 11) is 0. The van der Waals surface area contributed by atoms with Crippen molar-refractivity contribution in [2.24, 2.45) is 0 Å². The minimum atomic E-state index is 0.227. The first kappa shape index (κ1) is 11.3. The lowest BCUT2D eigenvalue weighted by Crippen LogP contribution is -2.44. The molecule has 2 heterocycles. The molecular weight excluding hydrogens is 218 g/mol. The summed E-state index contributed by atoms with van der Waals surface area (Å²) in [5, 5.41) is 11.9. The zero-order chi connectivity index (χ0) is 12.1. The van der Waals surface area contributed by atoms with Crippen molar-refractivity contribution in [1.29, 1.82) is 5.26 Å². The van der Waals surface area contributed by atoms with E-state index in [9.17, 15) is 4.79 Å². The fraction of sp³-hybridized carbons (Fsp3) is 0.455. The van der Waals surface area contributed by atoms with E-state index < -0.39 is 0 Å². The highest BCUT2D eigenvalue weighted by atomic mass is 16.2. The lowest BCUT2D eigenvalue weighted by molar-refractivity contribution is -0.139. The molecule has 0 radical (unpaired) electrons. The number of β-lactam (4-membered cyclic amide) rings is 1. The maximum absolute atomic E-state index is 11.0. The quantitative estimate of drug-likeness (QED) is 0.585. The van der Waals surface area contributed by atoms with Crippen LogP contribution in [0.25, 0.3) is 0 Å². The summed E-state index contributed by atoms with van der Waals surface area (Å²) in [6.45, 7) is 2.32. The Morgan fingerprint density at radius 1 is 1.59 bits per heavy atom. The standard InChI is InChI=1S/C11H13N5O/c12-6-9-7-13-8-15-11(9)14-3-1-4-16-5-2-10(16)17/h7-8H,1-5H2,(H,13,14,15). The van der Waals surface area contributed by atoms with E-state index in [1.165, 1.54) is 12.5 Å². The highest BCUT2D eigenvalue weighted by molar-refractivity contribution is 5.81. The van der Waals surface area contributed by atoms with Gasteiger partial charge in [0, 0.05) is 26.1 Å². The molecule has 17 heavy (non-hydrogen) atoms. The molecule has 1 amide bonds. The van der Waals surface area contributed by atoms with Gasteiger partial charge in [0.05, 0.1) is 6.20 Å². The molecule has 0 spiro atoms. The first-order chi connectivity index (χ1) is 8.31. The molecule has 88 valence electrons. The molecule has 1 aromatic rings. The lowest BCUT2D eigenvalue weighted by Gasteiger charge is -2.30. The highest BCUT2D eigenvalue weighted by Crippen LogP contribution is 2.10. The first-order valence-electron chi connectivity index (χ1n) is 5.53.